The van der Waals surface area contributed by atoms with Crippen molar-refractivity contribution in [2.24, 2.45) is 21.0 Å². The Hall–Kier alpha value is -4.39. The van der Waals surface area contributed by atoms with E-state index >= 15 is 0 Å². The molecule has 7 heteroatoms. The van der Waals surface area contributed by atoms with Gasteiger partial charge in [-0.3, -0.25) is 0 Å². The Morgan fingerprint density at radius 1 is 0.750 bits per heavy atom. The lowest BCUT2D eigenvalue weighted by Gasteiger charge is -2.08. The summed E-state index contributed by atoms with van der Waals surface area (Å²) in [6, 6.07) is 23.8. The summed E-state index contributed by atoms with van der Waals surface area (Å²) in [7, 11) is 3.25. The van der Waals surface area contributed by atoms with E-state index in [0.717, 1.165) is 32.7 Å². The van der Waals surface area contributed by atoms with E-state index in [2.05, 4.69) is 20.7 Å². The van der Waals surface area contributed by atoms with Crippen molar-refractivity contribution in [2.45, 2.75) is 0 Å². The summed E-state index contributed by atoms with van der Waals surface area (Å²) in [5, 5.41) is 16.5. The van der Waals surface area contributed by atoms with Crippen LogP contribution in [0.25, 0.3) is 21.5 Å². The monoisotopic (exact) mass is 425 g/mol. The second kappa shape index (κ2) is 9.61. The number of rotatable bonds is 6. The Kier molecular flexibility index (Phi) is 6.27. The Bertz CT molecular complexity index is 1350. The predicted molar refractivity (Wildman–Crippen MR) is 131 cm³/mol. The zero-order valence-corrected chi connectivity index (χ0v) is 17.8. The molecule has 0 aliphatic rings. The summed E-state index contributed by atoms with van der Waals surface area (Å²) >= 11 is 0. The smallest absolute Gasteiger partial charge is 0.234 e. The first-order valence-corrected chi connectivity index (χ1v) is 9.98. The van der Waals surface area contributed by atoms with Crippen LogP contribution in [0, 0.1) is 0 Å². The second-order valence-electron chi connectivity index (χ2n) is 6.91. The predicted octanol–water partition coefficient (Wildman–Crippen LogP) is 4.28. The van der Waals surface area contributed by atoms with Gasteiger partial charge in [0.05, 0.1) is 26.6 Å². The van der Waals surface area contributed by atoms with Crippen molar-refractivity contribution in [2.75, 3.05) is 14.2 Å². The van der Waals surface area contributed by atoms with Gasteiger partial charge < -0.3 is 15.2 Å². The molecule has 0 unspecified atom stereocenters. The van der Waals surface area contributed by atoms with Crippen LogP contribution in [0.15, 0.2) is 88.1 Å². The minimum Gasteiger partial charge on any atom is -0.496 e. The minimum atomic E-state index is 0.0518. The quantitative estimate of drug-likeness (QED) is 0.274. The van der Waals surface area contributed by atoms with Crippen LogP contribution in [0.5, 0.6) is 11.5 Å². The van der Waals surface area contributed by atoms with Gasteiger partial charge in [-0.1, -0.05) is 60.7 Å². The summed E-state index contributed by atoms with van der Waals surface area (Å²) < 4.78 is 10.9. The number of hydrogen-bond donors (Lipinski definition) is 2. The van der Waals surface area contributed by atoms with Crippen molar-refractivity contribution >= 4 is 39.9 Å². The van der Waals surface area contributed by atoms with Gasteiger partial charge in [-0.15, -0.1) is 5.10 Å². The molecule has 0 spiro atoms. The van der Waals surface area contributed by atoms with Crippen molar-refractivity contribution in [1.29, 1.82) is 0 Å². The van der Waals surface area contributed by atoms with Gasteiger partial charge in [0.15, 0.2) is 0 Å². The molecule has 0 saturated heterocycles. The van der Waals surface area contributed by atoms with Crippen molar-refractivity contribution in [1.82, 2.24) is 5.43 Å². The van der Waals surface area contributed by atoms with Crippen LogP contribution >= 0.6 is 0 Å². The van der Waals surface area contributed by atoms with E-state index in [0.29, 0.717) is 11.5 Å². The molecule has 0 heterocycles. The molecule has 4 rings (SSSR count). The molecule has 32 heavy (non-hydrogen) atoms. The molecule has 0 atom stereocenters. The lowest BCUT2D eigenvalue weighted by Crippen LogP contribution is -2.26. The average Bonchev–Trinajstić information content (AvgIpc) is 2.84. The molecule has 160 valence electrons. The molecule has 0 fully saturated rings. The normalized spacial score (nSPS) is 12.1. The molecule has 4 aromatic rings. The van der Waals surface area contributed by atoms with E-state index in [-0.39, 0.29) is 5.96 Å². The average molecular weight is 425 g/mol. The molecule has 0 saturated carbocycles. The van der Waals surface area contributed by atoms with E-state index < -0.39 is 0 Å². The lowest BCUT2D eigenvalue weighted by atomic mass is 10.0. The molecule has 0 radical (unpaired) electrons. The highest BCUT2D eigenvalue weighted by atomic mass is 16.5. The number of fused-ring (bicyclic) bond motifs is 2. The van der Waals surface area contributed by atoms with Crippen LogP contribution < -0.4 is 20.6 Å². The summed E-state index contributed by atoms with van der Waals surface area (Å²) in [5.41, 5.74) is 10.3. The number of hydrazone groups is 1. The van der Waals surface area contributed by atoms with Crippen LogP contribution in [0.4, 0.5) is 0 Å². The third-order valence-electron chi connectivity index (χ3n) is 5.03. The Balaban J connectivity index is 1.54. The van der Waals surface area contributed by atoms with E-state index in [1.54, 1.807) is 26.6 Å². The van der Waals surface area contributed by atoms with E-state index in [4.69, 9.17) is 15.2 Å². The SMILES string of the molecule is COc1ccc2ccccc2c1/C=N/N=C(\N)N/N=C/c1c(OC)ccc2ccccc12. The lowest BCUT2D eigenvalue weighted by molar-refractivity contribution is 0.414. The first kappa shape index (κ1) is 20.9. The number of guanidine groups is 1. The second-order valence-corrected chi connectivity index (χ2v) is 6.91. The first-order chi connectivity index (χ1) is 15.7. The van der Waals surface area contributed by atoms with E-state index in [1.807, 2.05) is 72.8 Å². The molecule has 0 bridgehead atoms. The number of nitrogens with zero attached hydrogens (tertiary/aromatic N) is 3. The fourth-order valence-corrected chi connectivity index (χ4v) is 3.51. The molecule has 3 N–H and O–H groups in total. The number of methoxy groups -OCH3 is 2. The van der Waals surface area contributed by atoms with Crippen molar-refractivity contribution in [3.05, 3.63) is 83.9 Å². The van der Waals surface area contributed by atoms with Gasteiger partial charge >= 0.3 is 0 Å². The maximum atomic E-state index is 5.92. The Labute approximate surface area is 185 Å². The maximum absolute atomic E-state index is 5.92. The van der Waals surface area contributed by atoms with Gasteiger partial charge in [0.1, 0.15) is 11.5 Å². The fourth-order valence-electron chi connectivity index (χ4n) is 3.51. The molecule has 0 aliphatic carbocycles. The molecular formula is C25H23N5O2. The number of nitrogens with two attached hydrogens (primary N) is 1. The molecule has 0 aromatic heterocycles. The third-order valence-corrected chi connectivity index (χ3v) is 5.03. The Morgan fingerprint density at radius 3 is 1.84 bits per heavy atom. The van der Waals surface area contributed by atoms with E-state index in [9.17, 15) is 0 Å². The Morgan fingerprint density at radius 2 is 1.28 bits per heavy atom. The van der Waals surface area contributed by atoms with Gasteiger partial charge in [0.2, 0.25) is 5.96 Å². The van der Waals surface area contributed by atoms with Gasteiger partial charge in [-0.2, -0.15) is 10.2 Å². The zero-order valence-electron chi connectivity index (χ0n) is 17.8. The highest BCUT2D eigenvalue weighted by Crippen LogP contribution is 2.27. The van der Waals surface area contributed by atoms with Crippen LogP contribution in [0.1, 0.15) is 11.1 Å². The molecule has 0 aliphatic heterocycles. The number of nitrogens with one attached hydrogen (secondary N) is 1. The van der Waals surface area contributed by atoms with Crippen LogP contribution in [-0.2, 0) is 0 Å². The van der Waals surface area contributed by atoms with Crippen LogP contribution in [0.3, 0.4) is 0 Å². The number of ether oxygens (including phenoxy) is 2. The van der Waals surface area contributed by atoms with Gasteiger partial charge in [-0.05, 0) is 33.7 Å². The van der Waals surface area contributed by atoms with Gasteiger partial charge in [0, 0.05) is 11.1 Å². The largest absolute Gasteiger partial charge is 0.496 e. The minimum absolute atomic E-state index is 0.0518. The molecule has 7 nitrogen and oxygen atoms in total. The molecule has 0 amide bonds. The third kappa shape index (κ3) is 4.37. The topological polar surface area (TPSA) is 93.6 Å². The number of hydrogen-bond acceptors (Lipinski definition) is 5. The van der Waals surface area contributed by atoms with Crippen molar-refractivity contribution < 1.29 is 9.47 Å². The van der Waals surface area contributed by atoms with Gasteiger partial charge in [-0.25, -0.2) is 5.43 Å². The van der Waals surface area contributed by atoms with Crippen LogP contribution in [0.2, 0.25) is 0 Å². The van der Waals surface area contributed by atoms with E-state index in [1.165, 1.54) is 0 Å². The molecule has 4 aromatic carbocycles. The van der Waals surface area contributed by atoms with Crippen LogP contribution in [-0.4, -0.2) is 32.6 Å². The summed E-state index contributed by atoms with van der Waals surface area (Å²) in [6.07, 6.45) is 3.27. The number of benzene rings is 4. The fraction of sp³-hybridized carbons (Fsp3) is 0.0800. The van der Waals surface area contributed by atoms with Gasteiger partial charge in [0.25, 0.3) is 0 Å². The molecular weight excluding hydrogens is 402 g/mol. The summed E-state index contributed by atoms with van der Waals surface area (Å²) in [6.45, 7) is 0. The first-order valence-electron chi connectivity index (χ1n) is 9.98. The summed E-state index contributed by atoms with van der Waals surface area (Å²) in [4.78, 5) is 0. The standard InChI is InChI=1S/C25H23N5O2/c1-31-23-13-11-17-7-3-5-9-19(17)21(23)15-27-29-25(26)30-28-16-22-20-10-6-4-8-18(20)12-14-24(22)32-2/h3-16H,1-2H3,(H3,26,29,30)/b27-15+,28-16+. The summed E-state index contributed by atoms with van der Waals surface area (Å²) in [5.74, 6) is 1.47. The highest BCUT2D eigenvalue weighted by Gasteiger charge is 2.07. The highest BCUT2D eigenvalue weighted by molar-refractivity contribution is 6.03. The maximum Gasteiger partial charge on any atom is 0.234 e. The van der Waals surface area contributed by atoms with Crippen molar-refractivity contribution in [3.8, 4) is 11.5 Å². The zero-order chi connectivity index (χ0) is 22.3. The van der Waals surface area contributed by atoms with Crippen molar-refractivity contribution in [3.63, 3.8) is 0 Å².